The molecule has 0 radical (unpaired) electrons. The number of hydrogen-bond donors (Lipinski definition) is 2. The number of anilines is 2. The van der Waals surface area contributed by atoms with Crippen LogP contribution in [0.5, 0.6) is 0 Å². The van der Waals surface area contributed by atoms with Gasteiger partial charge in [-0.05, 0) is 42.0 Å². The molecule has 0 unspecified atom stereocenters. The summed E-state index contributed by atoms with van der Waals surface area (Å²) in [5.74, 6) is -1.23. The molecule has 4 rings (SSSR count). The largest absolute Gasteiger partial charge is 0.481 e. The Labute approximate surface area is 217 Å². The molecule has 0 atom stereocenters. The highest BCUT2D eigenvalue weighted by atomic mass is 79.9. The summed E-state index contributed by atoms with van der Waals surface area (Å²) in [7, 11) is 2.07. The van der Waals surface area contributed by atoms with Crippen LogP contribution in [0.3, 0.4) is 0 Å². The lowest BCUT2D eigenvalue weighted by Gasteiger charge is -2.22. The first-order valence-corrected chi connectivity index (χ1v) is 12.7. The van der Waals surface area contributed by atoms with Gasteiger partial charge in [0.2, 0.25) is 0 Å². The zero-order chi connectivity index (χ0) is 24.8. The predicted molar refractivity (Wildman–Crippen MR) is 147 cm³/mol. The van der Waals surface area contributed by atoms with Gasteiger partial charge in [0, 0.05) is 33.2 Å². The molecule has 9 heteroatoms. The second kappa shape index (κ2) is 11.3. The summed E-state index contributed by atoms with van der Waals surface area (Å²) in [6, 6.07) is 23.7. The molecule has 1 aromatic heterocycles. The molecule has 1 heterocycles. The number of hydrogen-bond acceptors (Lipinski definition) is 5. The minimum Gasteiger partial charge on any atom is -0.481 e. The molecule has 0 spiro atoms. The second-order valence-corrected chi connectivity index (χ2v) is 9.80. The van der Waals surface area contributed by atoms with Gasteiger partial charge < -0.3 is 15.3 Å². The van der Waals surface area contributed by atoms with Crippen molar-refractivity contribution in [1.29, 1.82) is 0 Å². The molecule has 6 nitrogen and oxygen atoms in total. The molecule has 0 aliphatic rings. The van der Waals surface area contributed by atoms with Crippen LogP contribution in [0, 0.1) is 0 Å². The third-order valence-corrected chi connectivity index (χ3v) is 6.75. The van der Waals surface area contributed by atoms with Crippen LogP contribution in [0.2, 0.25) is 0 Å². The number of amides is 1. The number of nitrogens with one attached hydrogen (secondary N) is 1. The third-order valence-electron chi connectivity index (χ3n) is 5.36. The maximum Gasteiger partial charge on any atom is 0.305 e. The van der Waals surface area contributed by atoms with Crippen molar-refractivity contribution in [3.8, 4) is 11.3 Å². The van der Waals surface area contributed by atoms with E-state index < -0.39 is 5.97 Å². The Morgan fingerprint density at radius 2 is 1.80 bits per heavy atom. The lowest BCUT2D eigenvalue weighted by Crippen LogP contribution is -2.26. The van der Waals surface area contributed by atoms with Gasteiger partial charge >= 0.3 is 5.97 Å². The highest BCUT2D eigenvalue weighted by Gasteiger charge is 2.16. The Bertz CT molecular complexity index is 1330. The van der Waals surface area contributed by atoms with E-state index >= 15 is 0 Å². The first-order valence-electron chi connectivity index (χ1n) is 11.0. The number of aromatic nitrogens is 1. The first-order chi connectivity index (χ1) is 16.9. The van der Waals surface area contributed by atoms with Crippen LogP contribution >= 0.6 is 27.3 Å². The Kier molecular flexibility index (Phi) is 8.00. The van der Waals surface area contributed by atoms with Crippen molar-refractivity contribution < 1.29 is 14.7 Å². The maximum atomic E-state index is 12.3. The number of nitrogens with zero attached hydrogens (tertiary/aromatic N) is 2. The zero-order valence-electron chi connectivity index (χ0n) is 19.1. The molecule has 0 aliphatic heterocycles. The second-order valence-electron chi connectivity index (χ2n) is 8.04. The van der Waals surface area contributed by atoms with Crippen molar-refractivity contribution in [1.82, 2.24) is 10.3 Å². The predicted octanol–water partition coefficient (Wildman–Crippen LogP) is 4.37. The zero-order valence-corrected chi connectivity index (χ0v) is 21.5. The van der Waals surface area contributed by atoms with E-state index in [4.69, 9.17) is 10.1 Å². The summed E-state index contributed by atoms with van der Waals surface area (Å²) in [5.41, 5.74) is 5.72. The summed E-state index contributed by atoms with van der Waals surface area (Å²) in [6.45, 7) is 0.671. The van der Waals surface area contributed by atoms with Gasteiger partial charge in [-0.15, -0.1) is 11.3 Å². The minimum absolute atomic E-state index is 0.0978. The van der Waals surface area contributed by atoms with Gasteiger partial charge in [-0.2, -0.15) is 0 Å². The van der Waals surface area contributed by atoms with Gasteiger partial charge in [-0.1, -0.05) is 57.8 Å². The topological polar surface area (TPSA) is 82.5 Å². The molecule has 0 fully saturated rings. The Morgan fingerprint density at radius 1 is 1.06 bits per heavy atom. The molecule has 3 aromatic carbocycles. The Morgan fingerprint density at radius 3 is 2.49 bits per heavy atom. The summed E-state index contributed by atoms with van der Waals surface area (Å²) in [6.07, 6.45) is -0.107. The van der Waals surface area contributed by atoms with Gasteiger partial charge in [-0.25, -0.2) is 4.98 Å². The smallest absolute Gasteiger partial charge is 0.305 e. The van der Waals surface area contributed by atoms with Crippen LogP contribution in [-0.4, -0.2) is 36.4 Å². The van der Waals surface area contributed by atoms with Gasteiger partial charge in [-0.3, -0.25) is 9.59 Å². The average molecular weight is 548 g/mol. The van der Waals surface area contributed by atoms with Crippen LogP contribution in [0.1, 0.15) is 22.3 Å². The molecule has 35 heavy (non-hydrogen) atoms. The highest BCUT2D eigenvalue weighted by molar-refractivity contribution is 9.10. The van der Waals surface area contributed by atoms with E-state index in [1.807, 2.05) is 42.5 Å². The van der Waals surface area contributed by atoms with Crippen molar-refractivity contribution >= 4 is 63.3 Å². The Balaban J connectivity index is 1.56. The molecular weight excluding hydrogens is 525 g/mol. The highest BCUT2D eigenvalue weighted by Crippen LogP contribution is 2.34. The molecule has 0 bridgehead atoms. The van der Waals surface area contributed by atoms with E-state index in [0.717, 1.165) is 32.1 Å². The van der Waals surface area contributed by atoms with Crippen LogP contribution in [0.4, 0.5) is 10.8 Å². The van der Waals surface area contributed by atoms with Crippen molar-refractivity contribution in [2.45, 2.75) is 13.0 Å². The van der Waals surface area contributed by atoms with Crippen LogP contribution in [0.15, 0.2) is 82.6 Å². The first kappa shape index (κ1) is 24.7. The fourth-order valence-electron chi connectivity index (χ4n) is 3.54. The Hall–Kier alpha value is -3.43. The molecule has 0 saturated carbocycles. The average Bonchev–Trinajstić information content (AvgIpc) is 3.33. The summed E-state index contributed by atoms with van der Waals surface area (Å²) < 4.78 is 0.999. The fraction of sp³-hybridized carbons (Fsp3) is 0.115. The van der Waals surface area contributed by atoms with E-state index in [2.05, 4.69) is 57.6 Å². The number of halogens is 1. The molecule has 0 saturated heterocycles. The van der Waals surface area contributed by atoms with E-state index in [1.54, 1.807) is 23.5 Å². The van der Waals surface area contributed by atoms with Gasteiger partial charge in [0.05, 0.1) is 18.7 Å². The number of thiazole rings is 1. The SMILES string of the molecule is Bc1cccc(-c2csc(N(Cc3ccc(C(=O)NCCC(=O)O)cc3)c3ccc(Br)cc3)n2)c1. The molecular formula is C26H23BBrN3O3S. The summed E-state index contributed by atoms with van der Waals surface area (Å²) >= 11 is 5.09. The van der Waals surface area contributed by atoms with Crippen LogP contribution in [0.25, 0.3) is 11.3 Å². The van der Waals surface area contributed by atoms with E-state index in [0.29, 0.717) is 12.1 Å². The van der Waals surface area contributed by atoms with Gasteiger partial charge in [0.25, 0.3) is 5.91 Å². The summed E-state index contributed by atoms with van der Waals surface area (Å²) in [4.78, 5) is 30.0. The molecule has 1 amide bonds. The fourth-order valence-corrected chi connectivity index (χ4v) is 4.66. The van der Waals surface area contributed by atoms with E-state index in [-0.39, 0.29) is 18.9 Å². The number of carboxylic acids is 1. The normalized spacial score (nSPS) is 10.7. The third kappa shape index (κ3) is 6.58. The van der Waals surface area contributed by atoms with E-state index in [9.17, 15) is 9.59 Å². The van der Waals surface area contributed by atoms with Crippen molar-refractivity contribution in [2.24, 2.45) is 0 Å². The molecule has 0 aliphatic carbocycles. The van der Waals surface area contributed by atoms with Crippen LogP contribution < -0.4 is 15.7 Å². The monoisotopic (exact) mass is 547 g/mol. The quantitative estimate of drug-likeness (QED) is 0.304. The molecule has 2 N–H and O–H groups in total. The number of carbonyl (C=O) groups is 2. The van der Waals surface area contributed by atoms with Gasteiger partial charge in [0.1, 0.15) is 7.85 Å². The lowest BCUT2D eigenvalue weighted by molar-refractivity contribution is -0.136. The number of benzene rings is 3. The minimum atomic E-state index is -0.943. The van der Waals surface area contributed by atoms with Crippen molar-refractivity contribution in [3.05, 3.63) is 93.8 Å². The summed E-state index contributed by atoms with van der Waals surface area (Å²) in [5, 5.41) is 14.3. The van der Waals surface area contributed by atoms with Crippen molar-refractivity contribution in [2.75, 3.05) is 11.4 Å². The molecule has 176 valence electrons. The molecule has 4 aromatic rings. The van der Waals surface area contributed by atoms with Gasteiger partial charge in [0.15, 0.2) is 5.13 Å². The number of carbonyl (C=O) groups excluding carboxylic acids is 1. The lowest BCUT2D eigenvalue weighted by atomic mass is 9.94. The number of carboxylic acid groups (broad SMARTS) is 1. The van der Waals surface area contributed by atoms with Crippen molar-refractivity contribution in [3.63, 3.8) is 0 Å². The standard InChI is InChI=1S/C26H23BBrN3O3S/c27-20-3-1-2-19(14-20)23-16-35-26(30-23)31(22-10-8-21(28)9-11-22)15-17-4-6-18(7-5-17)25(34)29-13-12-24(32)33/h1-11,14,16H,12-13,15,27H2,(H,29,34)(H,32,33). The maximum absolute atomic E-state index is 12.3. The van der Waals surface area contributed by atoms with E-state index in [1.165, 1.54) is 5.46 Å². The number of rotatable bonds is 9. The number of aliphatic carboxylic acids is 1. The van der Waals surface area contributed by atoms with Crippen LogP contribution in [-0.2, 0) is 11.3 Å².